The van der Waals surface area contributed by atoms with Gasteiger partial charge in [-0.05, 0) is 31.0 Å². The second kappa shape index (κ2) is 32.5. The van der Waals surface area contributed by atoms with Crippen molar-refractivity contribution in [3.05, 3.63) is 29.8 Å². The van der Waals surface area contributed by atoms with Crippen LogP contribution in [0.3, 0.4) is 0 Å². The van der Waals surface area contributed by atoms with Crippen LogP contribution in [0.25, 0.3) is 0 Å². The van der Waals surface area contributed by atoms with Crippen molar-refractivity contribution in [3.63, 3.8) is 0 Å². The number of amides is 4. The molecule has 4 heterocycles. The number of hydrogen-bond donors (Lipinski definition) is 13. The number of ether oxygens (including phenoxy) is 8. The molecule has 1 aromatic rings. The molecule has 79 heavy (non-hydrogen) atoms. The zero-order valence-electron chi connectivity index (χ0n) is 44.3. The first-order chi connectivity index (χ1) is 37.0. The van der Waals surface area contributed by atoms with Crippen molar-refractivity contribution in [2.45, 2.75) is 195 Å². The first-order valence-corrected chi connectivity index (χ1v) is 26.8. The normalized spacial score (nSPS) is 34.7. The molecule has 11 unspecified atom stereocenters. The number of aliphatic hydroxyl groups excluding tert-OH is 9. The van der Waals surface area contributed by atoms with Gasteiger partial charge < -0.3 is 110 Å². The van der Waals surface area contributed by atoms with Crippen LogP contribution in [0.4, 0.5) is 0 Å². The molecule has 4 aliphatic rings. The van der Waals surface area contributed by atoms with Gasteiger partial charge in [0.1, 0.15) is 103 Å². The molecule has 0 saturated carbocycles. The van der Waals surface area contributed by atoms with E-state index >= 15 is 0 Å². The number of rotatable bonds is 25. The maximum Gasteiger partial charge on any atom is 1.00 e. The van der Waals surface area contributed by atoms with E-state index in [1.54, 1.807) is 12.1 Å². The maximum absolute atomic E-state index is 13.8. The predicted molar refractivity (Wildman–Crippen MR) is 260 cm³/mol. The first kappa shape index (κ1) is 68.2. The van der Waals surface area contributed by atoms with Crippen molar-refractivity contribution in [1.82, 2.24) is 21.3 Å². The smallest absolute Gasteiger partial charge is 0.726 e. The Labute approximate surface area is 478 Å². The Balaban J connectivity index is 0.0000134. The molecule has 5 rings (SSSR count). The van der Waals surface area contributed by atoms with E-state index in [4.69, 9.17) is 37.9 Å². The summed E-state index contributed by atoms with van der Waals surface area (Å²) >= 11 is 0. The van der Waals surface area contributed by atoms with Crippen LogP contribution in [0.1, 0.15) is 83.0 Å². The third kappa shape index (κ3) is 19.4. The average molecular weight is 1160 g/mol. The van der Waals surface area contributed by atoms with Gasteiger partial charge in [-0.1, -0.05) is 32.3 Å². The number of carbonyl (C=O) groups is 4. The van der Waals surface area contributed by atoms with E-state index in [2.05, 4.69) is 44.2 Å². The Morgan fingerprint density at radius 1 is 0.608 bits per heavy atom. The van der Waals surface area contributed by atoms with Gasteiger partial charge in [0.2, 0.25) is 28.1 Å². The minimum atomic E-state index is -5.41. The predicted octanol–water partition coefficient (Wildman–Crippen LogP) is -8.26. The zero-order valence-corrected chi connectivity index (χ0v) is 47.1. The third-order valence-corrected chi connectivity index (χ3v) is 13.5. The molecule has 442 valence electrons. The van der Waals surface area contributed by atoms with E-state index in [-0.39, 0.29) is 35.1 Å². The second-order valence-corrected chi connectivity index (χ2v) is 20.1. The van der Waals surface area contributed by atoms with E-state index in [0.717, 1.165) is 46.5 Å². The quantitative estimate of drug-likeness (QED) is 0.0142. The largest absolute Gasteiger partial charge is 1.00 e. The summed E-state index contributed by atoms with van der Waals surface area (Å²) in [5.74, 6) is 3.36. The summed E-state index contributed by atoms with van der Waals surface area (Å²) in [6.45, 7) is 1.41. The van der Waals surface area contributed by atoms with Crippen LogP contribution in [0.5, 0.6) is 5.75 Å². The summed E-state index contributed by atoms with van der Waals surface area (Å²) in [7, 11) is -5.41. The molecule has 0 bridgehead atoms. The molecular weight excluding hydrogens is 1090 g/mol. The van der Waals surface area contributed by atoms with E-state index in [1.165, 1.54) is 18.6 Å². The van der Waals surface area contributed by atoms with Crippen LogP contribution in [0.15, 0.2) is 24.3 Å². The number of hydrogen-bond acceptors (Lipinski definition) is 25. The minimum absolute atomic E-state index is 0. The van der Waals surface area contributed by atoms with Gasteiger partial charge in [-0.15, -0.1) is 11.8 Å². The Hall–Kier alpha value is -3.31. The summed E-state index contributed by atoms with van der Waals surface area (Å²) in [5, 5.41) is 109. The summed E-state index contributed by atoms with van der Waals surface area (Å²) in [4.78, 5) is 51.1. The molecule has 0 radical (unpaired) electrons. The SMILES string of the molecule is CCCCCCC#CCCCOc1cccc(C(=O)N[C@@H]2C(O[C@@H]3C(CO)O[C@@H](OC4C(CO)O[C@@H](O[C@@H]5C(COS(=O)(=O)[O-])OC(O)C(NC(C)=O)C5O)[C@@H](NC(C)=O)[C@H]4O)C(NC(C)=O)C3O)OC(CO)[C@@H](O)[C@@H]2O)c1.[Na+]. The van der Waals surface area contributed by atoms with E-state index in [0.29, 0.717) is 25.2 Å². The monoisotopic (exact) mass is 1160 g/mol. The molecule has 0 aliphatic carbocycles. The van der Waals surface area contributed by atoms with Gasteiger partial charge in [-0.2, -0.15) is 0 Å². The van der Waals surface area contributed by atoms with Crippen molar-refractivity contribution in [2.75, 3.05) is 33.0 Å². The molecular formula is C48H73N4NaO25S. The van der Waals surface area contributed by atoms with Crippen LogP contribution >= 0.6 is 0 Å². The number of benzene rings is 1. The third-order valence-electron chi connectivity index (χ3n) is 13.0. The van der Waals surface area contributed by atoms with Crippen LogP contribution < -0.4 is 55.6 Å². The van der Waals surface area contributed by atoms with Crippen LogP contribution in [-0.2, 0) is 62.1 Å². The Morgan fingerprint density at radius 3 is 1.57 bits per heavy atom. The van der Waals surface area contributed by atoms with Crippen molar-refractivity contribution in [2.24, 2.45) is 0 Å². The van der Waals surface area contributed by atoms with Gasteiger partial charge >= 0.3 is 29.6 Å². The van der Waals surface area contributed by atoms with E-state index < -0.39 is 183 Å². The fraction of sp³-hybridized carbons (Fsp3) is 0.750. The van der Waals surface area contributed by atoms with Gasteiger partial charge in [0.15, 0.2) is 25.2 Å². The van der Waals surface area contributed by atoms with Crippen LogP contribution in [0.2, 0.25) is 0 Å². The van der Waals surface area contributed by atoms with Crippen molar-refractivity contribution >= 4 is 34.0 Å². The van der Waals surface area contributed by atoms with Crippen molar-refractivity contribution < 1.29 is 150 Å². The Kier molecular flexibility index (Phi) is 28.1. The number of nitrogens with one attached hydrogen (secondary N) is 4. The number of carbonyl (C=O) groups excluding carboxylic acids is 4. The van der Waals surface area contributed by atoms with Gasteiger partial charge in [0, 0.05) is 39.2 Å². The Bertz CT molecular complexity index is 2280. The van der Waals surface area contributed by atoms with E-state index in [1.807, 2.05) is 0 Å². The molecule has 4 amide bonds. The van der Waals surface area contributed by atoms with Crippen LogP contribution in [0, 0.1) is 11.8 Å². The standard InChI is InChI=1S/C48H74N4O25S.Na/c1-5-6-7-8-9-10-11-12-13-17-69-27-16-14-15-26(18-27)44(64)52-33-37(60)36(59)28(19-53)72-46(33)75-41-29(20-54)73-47(34(39(41)62)50-24(3)57)76-42-30(21-55)74-48(35(40(42)63)51-25(4)58)77-43-31(22-70-78(66,67)68)71-45(65)32(38(43)61)49-23(2)56;/h14-16,18,28-43,45-48,53-55,59-63,65H,5-9,12-13,17,19-22H2,1-4H3,(H,49,56)(H,50,57)(H,51,58)(H,52,64)(H,66,67,68);/q;+1/p-1/t28?,29?,30?,31?,32?,33-,34?,35-,36+,37+,38?,39?,40+,41+,42?,43+,45?,46?,47-,48-;/m0./s1. The van der Waals surface area contributed by atoms with E-state index in [9.17, 15) is 78.1 Å². The summed E-state index contributed by atoms with van der Waals surface area (Å²) < 4.78 is 85.6. The molecule has 4 saturated heterocycles. The molecule has 20 atom stereocenters. The molecule has 29 nitrogen and oxygen atoms in total. The zero-order chi connectivity index (χ0) is 57.4. The number of aliphatic hydroxyl groups is 9. The topological polar surface area (TPSA) is 439 Å². The molecule has 13 N–H and O–H groups in total. The molecule has 4 aliphatic heterocycles. The summed E-state index contributed by atoms with van der Waals surface area (Å²) in [5.41, 5.74) is 0.0426. The fourth-order valence-corrected chi connectivity index (χ4v) is 9.50. The van der Waals surface area contributed by atoms with Gasteiger partial charge in [0.25, 0.3) is 5.91 Å². The second-order valence-electron chi connectivity index (χ2n) is 19.0. The first-order valence-electron chi connectivity index (χ1n) is 25.4. The fourth-order valence-electron chi connectivity index (χ4n) is 9.20. The van der Waals surface area contributed by atoms with Gasteiger partial charge in [0.05, 0.1) is 33.0 Å². The summed E-state index contributed by atoms with van der Waals surface area (Å²) in [6, 6.07) is -0.788. The van der Waals surface area contributed by atoms with Crippen LogP contribution in [-0.4, -0.2) is 238 Å². The molecule has 31 heteroatoms. The molecule has 1 aromatic carbocycles. The maximum atomic E-state index is 13.8. The number of unbranched alkanes of at least 4 members (excludes halogenated alkanes) is 5. The average Bonchev–Trinajstić information content (AvgIpc) is 3.47. The summed E-state index contributed by atoms with van der Waals surface area (Å²) in [6.07, 6.45) is -23.2. The van der Waals surface area contributed by atoms with Gasteiger partial charge in [-0.25, -0.2) is 8.42 Å². The molecule has 0 spiro atoms. The van der Waals surface area contributed by atoms with Crippen molar-refractivity contribution in [3.8, 4) is 17.6 Å². The Morgan fingerprint density at radius 2 is 1.08 bits per heavy atom. The minimum Gasteiger partial charge on any atom is -0.726 e. The van der Waals surface area contributed by atoms with Crippen molar-refractivity contribution in [1.29, 1.82) is 0 Å². The molecule has 4 fully saturated rings. The van der Waals surface area contributed by atoms with Gasteiger partial charge in [-0.3, -0.25) is 23.4 Å². The molecule has 0 aromatic heterocycles.